The predicted octanol–water partition coefficient (Wildman–Crippen LogP) is 3.43. The van der Waals surface area contributed by atoms with Crippen molar-refractivity contribution in [2.75, 3.05) is 6.54 Å². The molecule has 100 valence electrons. The lowest BCUT2D eigenvalue weighted by Crippen LogP contribution is -2.14. The summed E-state index contributed by atoms with van der Waals surface area (Å²) in [5, 5.41) is 3.48. The van der Waals surface area contributed by atoms with E-state index in [9.17, 15) is 0 Å². The van der Waals surface area contributed by atoms with Gasteiger partial charge in [-0.3, -0.25) is 0 Å². The molecule has 1 aromatic heterocycles. The maximum atomic E-state index is 4.55. The van der Waals surface area contributed by atoms with Crippen LogP contribution in [0.1, 0.15) is 41.4 Å². The Bertz CT molecular complexity index is 592. The first-order valence-corrected chi connectivity index (χ1v) is 7.02. The topological polar surface area (TPSA) is 40.7 Å². The number of benzene rings is 1. The zero-order valence-corrected chi connectivity index (χ0v) is 11.9. The largest absolute Gasteiger partial charge is 0.341 e. The number of nitrogens with one attached hydrogen (secondary N) is 2. The van der Waals surface area contributed by atoms with E-state index in [0.717, 1.165) is 18.1 Å². The average Bonchev–Trinajstić information content (AvgIpc) is 3.06. The van der Waals surface area contributed by atoms with Crippen molar-refractivity contribution in [3.8, 4) is 11.3 Å². The molecule has 0 saturated carbocycles. The lowest BCUT2D eigenvalue weighted by molar-refractivity contribution is 0.613. The third-order valence-corrected chi connectivity index (χ3v) is 4.33. The van der Waals surface area contributed by atoms with Gasteiger partial charge in [0.2, 0.25) is 0 Å². The first-order chi connectivity index (χ1) is 9.16. The van der Waals surface area contributed by atoms with Gasteiger partial charge in [0.25, 0.3) is 0 Å². The van der Waals surface area contributed by atoms with E-state index in [1.807, 2.05) is 6.20 Å². The van der Waals surface area contributed by atoms with E-state index in [1.54, 1.807) is 0 Å². The third-order valence-electron chi connectivity index (χ3n) is 4.33. The van der Waals surface area contributed by atoms with E-state index in [4.69, 9.17) is 0 Å². The third kappa shape index (κ3) is 2.19. The molecule has 0 amide bonds. The van der Waals surface area contributed by atoms with Gasteiger partial charge in [-0.25, -0.2) is 4.98 Å². The zero-order valence-electron chi connectivity index (χ0n) is 11.9. The lowest BCUT2D eigenvalue weighted by Gasteiger charge is -2.10. The maximum absolute atomic E-state index is 4.55. The molecular formula is C16H21N3. The zero-order chi connectivity index (χ0) is 13.4. The summed E-state index contributed by atoms with van der Waals surface area (Å²) in [6, 6.07) is 4.78. The molecule has 3 rings (SSSR count). The van der Waals surface area contributed by atoms with Crippen molar-refractivity contribution >= 4 is 0 Å². The van der Waals surface area contributed by atoms with Crippen LogP contribution in [0, 0.1) is 20.8 Å². The van der Waals surface area contributed by atoms with Crippen molar-refractivity contribution in [1.82, 2.24) is 15.3 Å². The average molecular weight is 255 g/mol. The SMILES string of the molecule is Cc1ccc(-c2cnc(C3CCCN3)[nH]2)c(C)c1C. The van der Waals surface area contributed by atoms with Crippen LogP contribution >= 0.6 is 0 Å². The summed E-state index contributed by atoms with van der Waals surface area (Å²) in [4.78, 5) is 8.04. The van der Waals surface area contributed by atoms with Gasteiger partial charge in [0.15, 0.2) is 0 Å². The van der Waals surface area contributed by atoms with Crippen LogP contribution in [0.15, 0.2) is 18.3 Å². The van der Waals surface area contributed by atoms with Crippen molar-refractivity contribution in [2.24, 2.45) is 0 Å². The molecule has 0 aliphatic carbocycles. The Morgan fingerprint density at radius 3 is 2.74 bits per heavy atom. The molecule has 1 aromatic carbocycles. The Kier molecular flexibility index (Phi) is 3.15. The van der Waals surface area contributed by atoms with Gasteiger partial charge in [-0.1, -0.05) is 12.1 Å². The van der Waals surface area contributed by atoms with E-state index in [-0.39, 0.29) is 0 Å². The molecule has 1 aliphatic heterocycles. The second-order valence-corrected chi connectivity index (χ2v) is 5.51. The molecule has 1 unspecified atom stereocenters. The summed E-state index contributed by atoms with van der Waals surface area (Å²) in [6.45, 7) is 7.63. The number of H-pyrrole nitrogens is 1. The molecule has 1 atom stereocenters. The fraction of sp³-hybridized carbons (Fsp3) is 0.438. The molecule has 3 heteroatoms. The van der Waals surface area contributed by atoms with Crippen LogP contribution in [0.2, 0.25) is 0 Å². The number of rotatable bonds is 2. The summed E-state index contributed by atoms with van der Waals surface area (Å²) in [6.07, 6.45) is 4.38. The van der Waals surface area contributed by atoms with Crippen LogP contribution in [0.3, 0.4) is 0 Å². The van der Waals surface area contributed by atoms with E-state index < -0.39 is 0 Å². The standard InChI is InChI=1S/C16H21N3/c1-10-6-7-13(12(3)11(10)2)15-9-18-16(19-15)14-5-4-8-17-14/h6-7,9,14,17H,4-5,8H2,1-3H3,(H,18,19). The van der Waals surface area contributed by atoms with Gasteiger partial charge in [-0.2, -0.15) is 0 Å². The van der Waals surface area contributed by atoms with Gasteiger partial charge < -0.3 is 10.3 Å². The van der Waals surface area contributed by atoms with Gasteiger partial charge in [0, 0.05) is 5.56 Å². The summed E-state index contributed by atoms with van der Waals surface area (Å²) in [5.74, 6) is 1.07. The van der Waals surface area contributed by atoms with Crippen LogP contribution in [0.25, 0.3) is 11.3 Å². The molecular weight excluding hydrogens is 234 g/mol. The maximum Gasteiger partial charge on any atom is 0.123 e. The van der Waals surface area contributed by atoms with Crippen molar-refractivity contribution in [3.63, 3.8) is 0 Å². The highest BCUT2D eigenvalue weighted by atomic mass is 15.0. The normalized spacial score (nSPS) is 19.0. The number of hydrogen-bond acceptors (Lipinski definition) is 2. The van der Waals surface area contributed by atoms with Crippen LogP contribution in [0.5, 0.6) is 0 Å². The number of hydrogen-bond donors (Lipinski definition) is 2. The smallest absolute Gasteiger partial charge is 0.123 e. The second-order valence-electron chi connectivity index (χ2n) is 5.51. The Morgan fingerprint density at radius 2 is 2.00 bits per heavy atom. The summed E-state index contributed by atoms with van der Waals surface area (Å²) >= 11 is 0. The summed E-state index contributed by atoms with van der Waals surface area (Å²) in [5.41, 5.74) is 6.45. The predicted molar refractivity (Wildman–Crippen MR) is 78.2 cm³/mol. The molecule has 1 saturated heterocycles. The molecule has 0 radical (unpaired) electrons. The minimum Gasteiger partial charge on any atom is -0.341 e. The molecule has 2 aromatic rings. The molecule has 19 heavy (non-hydrogen) atoms. The van der Waals surface area contributed by atoms with Gasteiger partial charge in [-0.15, -0.1) is 0 Å². The van der Waals surface area contributed by atoms with Crippen LogP contribution in [0.4, 0.5) is 0 Å². The molecule has 1 aliphatic rings. The summed E-state index contributed by atoms with van der Waals surface area (Å²) < 4.78 is 0. The Balaban J connectivity index is 1.96. The number of nitrogens with zero attached hydrogens (tertiary/aromatic N) is 1. The highest BCUT2D eigenvalue weighted by Crippen LogP contribution is 2.28. The van der Waals surface area contributed by atoms with Crippen molar-refractivity contribution < 1.29 is 0 Å². The molecule has 1 fully saturated rings. The molecule has 0 bridgehead atoms. The lowest BCUT2D eigenvalue weighted by atomic mass is 9.97. The second kappa shape index (κ2) is 4.82. The minimum atomic E-state index is 0.403. The quantitative estimate of drug-likeness (QED) is 0.863. The Labute approximate surface area is 114 Å². The summed E-state index contributed by atoms with van der Waals surface area (Å²) in [7, 11) is 0. The van der Waals surface area contributed by atoms with Gasteiger partial charge in [-0.05, 0) is 56.8 Å². The van der Waals surface area contributed by atoms with Gasteiger partial charge >= 0.3 is 0 Å². The van der Waals surface area contributed by atoms with Gasteiger partial charge in [0.1, 0.15) is 5.82 Å². The van der Waals surface area contributed by atoms with Gasteiger partial charge in [0.05, 0.1) is 17.9 Å². The number of aromatic amines is 1. The highest BCUT2D eigenvalue weighted by Gasteiger charge is 2.19. The first kappa shape index (κ1) is 12.4. The van der Waals surface area contributed by atoms with Crippen LogP contribution < -0.4 is 5.32 Å². The monoisotopic (exact) mass is 255 g/mol. The molecule has 2 heterocycles. The molecule has 0 spiro atoms. The van der Waals surface area contributed by atoms with E-state index >= 15 is 0 Å². The first-order valence-electron chi connectivity index (χ1n) is 7.02. The molecule has 3 nitrogen and oxygen atoms in total. The molecule has 2 N–H and O–H groups in total. The number of aryl methyl sites for hydroxylation is 1. The number of imidazole rings is 1. The van der Waals surface area contributed by atoms with E-state index in [0.29, 0.717) is 6.04 Å². The minimum absolute atomic E-state index is 0.403. The highest BCUT2D eigenvalue weighted by molar-refractivity contribution is 5.65. The van der Waals surface area contributed by atoms with E-state index in [1.165, 1.54) is 35.1 Å². The fourth-order valence-corrected chi connectivity index (χ4v) is 2.82. The fourth-order valence-electron chi connectivity index (χ4n) is 2.82. The van der Waals surface area contributed by atoms with Crippen molar-refractivity contribution in [3.05, 3.63) is 40.8 Å². The van der Waals surface area contributed by atoms with Crippen LogP contribution in [-0.4, -0.2) is 16.5 Å². The van der Waals surface area contributed by atoms with Crippen LogP contribution in [-0.2, 0) is 0 Å². The Hall–Kier alpha value is -1.61. The number of aromatic nitrogens is 2. The Morgan fingerprint density at radius 1 is 1.16 bits per heavy atom. The van der Waals surface area contributed by atoms with Crippen molar-refractivity contribution in [1.29, 1.82) is 0 Å². The van der Waals surface area contributed by atoms with E-state index in [2.05, 4.69) is 48.2 Å². The van der Waals surface area contributed by atoms with Crippen molar-refractivity contribution in [2.45, 2.75) is 39.7 Å².